The zero-order chi connectivity index (χ0) is 13.0. The van der Waals surface area contributed by atoms with Crippen LogP contribution in [0.1, 0.15) is 32.2 Å². The summed E-state index contributed by atoms with van der Waals surface area (Å²) in [6, 6.07) is 0. The second kappa shape index (κ2) is 5.16. The summed E-state index contributed by atoms with van der Waals surface area (Å²) in [7, 11) is 0. The zero-order valence-corrected chi connectivity index (χ0v) is 9.10. The monoisotopic (exact) mass is 236 g/mol. The number of carbonyl (C=O) groups is 2. The van der Waals surface area contributed by atoms with Gasteiger partial charge < -0.3 is 14.6 Å². The van der Waals surface area contributed by atoms with Gasteiger partial charge in [-0.05, 0) is 12.8 Å². The van der Waals surface area contributed by atoms with E-state index in [0.29, 0.717) is 11.1 Å². The minimum absolute atomic E-state index is 0.238. The van der Waals surface area contributed by atoms with Gasteiger partial charge in [0, 0.05) is 11.1 Å². The van der Waals surface area contributed by atoms with Gasteiger partial charge in [0.1, 0.15) is 0 Å². The topological polar surface area (TPSA) is 87.7 Å². The first-order valence-electron chi connectivity index (χ1n) is 4.85. The van der Waals surface area contributed by atoms with Gasteiger partial charge >= 0.3 is 11.9 Å². The number of aromatic carboxylic acids is 2. The Morgan fingerprint density at radius 3 is 1.59 bits per heavy atom. The van der Waals surface area contributed by atoms with Gasteiger partial charge in [0.2, 0.25) is 11.5 Å². The zero-order valence-electron chi connectivity index (χ0n) is 9.10. The Morgan fingerprint density at radius 1 is 1.00 bits per heavy atom. The van der Waals surface area contributed by atoms with E-state index in [2.05, 4.69) is 13.2 Å². The van der Waals surface area contributed by atoms with Crippen molar-refractivity contribution in [2.45, 2.75) is 12.8 Å². The molecule has 0 aromatic carbocycles. The predicted molar refractivity (Wildman–Crippen MR) is 60.4 cm³/mol. The highest BCUT2D eigenvalue weighted by Gasteiger charge is 2.26. The number of furan rings is 1. The van der Waals surface area contributed by atoms with Crippen molar-refractivity contribution < 1.29 is 24.2 Å². The van der Waals surface area contributed by atoms with Crippen molar-refractivity contribution in [3.8, 4) is 0 Å². The molecule has 0 fully saturated rings. The summed E-state index contributed by atoms with van der Waals surface area (Å²) in [5, 5.41) is 17.9. The molecule has 0 amide bonds. The lowest BCUT2D eigenvalue weighted by Gasteiger charge is -1.98. The van der Waals surface area contributed by atoms with E-state index in [0.717, 1.165) is 0 Å². The third-order valence-corrected chi connectivity index (χ3v) is 2.20. The molecule has 0 aliphatic heterocycles. The number of hydrogen-bond donors (Lipinski definition) is 2. The van der Waals surface area contributed by atoms with Crippen LogP contribution in [0.2, 0.25) is 0 Å². The van der Waals surface area contributed by atoms with Crippen LogP contribution < -0.4 is 0 Å². The van der Waals surface area contributed by atoms with Gasteiger partial charge in [-0.3, -0.25) is 0 Å². The molecular formula is C12H12O5. The molecule has 5 nitrogen and oxygen atoms in total. The molecule has 2 N–H and O–H groups in total. The molecule has 5 heteroatoms. The molecule has 1 aromatic heterocycles. The number of carboxylic acids is 2. The molecule has 0 atom stereocenters. The highest BCUT2D eigenvalue weighted by molar-refractivity contribution is 5.92. The first-order valence-corrected chi connectivity index (χ1v) is 4.85. The van der Waals surface area contributed by atoms with E-state index in [1.165, 1.54) is 12.2 Å². The van der Waals surface area contributed by atoms with E-state index in [1.54, 1.807) is 0 Å². The molecule has 0 saturated heterocycles. The maximum Gasteiger partial charge on any atom is 0.372 e. The molecule has 90 valence electrons. The third-order valence-electron chi connectivity index (χ3n) is 2.20. The lowest BCUT2D eigenvalue weighted by atomic mass is 10.0. The summed E-state index contributed by atoms with van der Waals surface area (Å²) >= 11 is 0. The Labute approximate surface area is 97.7 Å². The van der Waals surface area contributed by atoms with Crippen LogP contribution in [0.5, 0.6) is 0 Å². The first-order chi connectivity index (χ1) is 8.02. The summed E-state index contributed by atoms with van der Waals surface area (Å²) < 4.78 is 4.88. The fraction of sp³-hybridized carbons (Fsp3) is 0.167. The Bertz CT molecular complexity index is 439. The van der Waals surface area contributed by atoms with E-state index >= 15 is 0 Å². The summed E-state index contributed by atoms with van der Waals surface area (Å²) in [5.41, 5.74) is 0.676. The lowest BCUT2D eigenvalue weighted by molar-refractivity contribution is 0.0630. The van der Waals surface area contributed by atoms with Gasteiger partial charge in [-0.25, -0.2) is 9.59 Å². The van der Waals surface area contributed by atoms with Crippen molar-refractivity contribution >= 4 is 11.9 Å². The maximum absolute atomic E-state index is 10.9. The largest absolute Gasteiger partial charge is 0.475 e. The van der Waals surface area contributed by atoms with Crippen LogP contribution in [0.3, 0.4) is 0 Å². The van der Waals surface area contributed by atoms with Crippen molar-refractivity contribution in [3.63, 3.8) is 0 Å². The summed E-state index contributed by atoms with van der Waals surface area (Å²) in [6.07, 6.45) is 3.47. The van der Waals surface area contributed by atoms with Gasteiger partial charge in [-0.15, -0.1) is 13.2 Å². The van der Waals surface area contributed by atoms with E-state index in [1.807, 2.05) is 0 Å². The third kappa shape index (κ3) is 2.44. The van der Waals surface area contributed by atoms with Crippen LogP contribution in [-0.4, -0.2) is 22.2 Å². The Balaban J connectivity index is 3.47. The fourth-order valence-corrected chi connectivity index (χ4v) is 1.57. The molecule has 17 heavy (non-hydrogen) atoms. The minimum Gasteiger partial charge on any atom is -0.475 e. The summed E-state index contributed by atoms with van der Waals surface area (Å²) in [5.74, 6) is -3.28. The van der Waals surface area contributed by atoms with Crippen LogP contribution in [0.4, 0.5) is 0 Å². The SMILES string of the molecule is C=CCc1c(C(=O)O)oc(C(=O)O)c1CC=C. The highest BCUT2D eigenvalue weighted by Crippen LogP contribution is 2.25. The van der Waals surface area contributed by atoms with E-state index in [9.17, 15) is 9.59 Å². The Kier molecular flexibility index (Phi) is 3.87. The average Bonchev–Trinajstić information content (AvgIpc) is 2.59. The number of rotatable bonds is 6. The molecule has 0 radical (unpaired) electrons. The number of hydrogen-bond acceptors (Lipinski definition) is 3. The Morgan fingerprint density at radius 2 is 1.35 bits per heavy atom. The molecule has 0 unspecified atom stereocenters. The van der Waals surface area contributed by atoms with Crippen molar-refractivity contribution in [2.75, 3.05) is 0 Å². The van der Waals surface area contributed by atoms with Crippen molar-refractivity contribution in [1.82, 2.24) is 0 Å². The van der Waals surface area contributed by atoms with Crippen molar-refractivity contribution in [1.29, 1.82) is 0 Å². The van der Waals surface area contributed by atoms with E-state index in [4.69, 9.17) is 14.6 Å². The molecular weight excluding hydrogens is 224 g/mol. The van der Waals surface area contributed by atoms with Gasteiger partial charge in [-0.2, -0.15) is 0 Å². The van der Waals surface area contributed by atoms with Gasteiger partial charge in [0.25, 0.3) is 0 Å². The molecule has 0 aliphatic rings. The number of allylic oxidation sites excluding steroid dienone is 2. The van der Waals surface area contributed by atoms with Crippen molar-refractivity contribution in [3.05, 3.63) is 48.0 Å². The van der Waals surface area contributed by atoms with Crippen LogP contribution in [0.25, 0.3) is 0 Å². The lowest BCUT2D eigenvalue weighted by Crippen LogP contribution is -2.01. The van der Waals surface area contributed by atoms with Gasteiger partial charge in [-0.1, -0.05) is 12.2 Å². The minimum atomic E-state index is -1.29. The van der Waals surface area contributed by atoms with Crippen LogP contribution >= 0.6 is 0 Å². The van der Waals surface area contributed by atoms with Crippen molar-refractivity contribution in [2.24, 2.45) is 0 Å². The van der Waals surface area contributed by atoms with E-state index < -0.39 is 11.9 Å². The molecule has 0 saturated carbocycles. The predicted octanol–water partition coefficient (Wildman–Crippen LogP) is 2.13. The first kappa shape index (κ1) is 12.8. The van der Waals surface area contributed by atoms with Crippen LogP contribution in [-0.2, 0) is 12.8 Å². The van der Waals surface area contributed by atoms with Crippen LogP contribution in [0, 0.1) is 0 Å². The molecule has 0 spiro atoms. The second-order valence-electron chi connectivity index (χ2n) is 3.31. The average molecular weight is 236 g/mol. The molecule has 1 rings (SSSR count). The quantitative estimate of drug-likeness (QED) is 0.739. The van der Waals surface area contributed by atoms with Crippen LogP contribution in [0.15, 0.2) is 29.7 Å². The fourth-order valence-electron chi connectivity index (χ4n) is 1.57. The smallest absolute Gasteiger partial charge is 0.372 e. The summed E-state index contributed by atoms with van der Waals surface area (Å²) in [4.78, 5) is 21.9. The normalized spacial score (nSPS) is 9.88. The highest BCUT2D eigenvalue weighted by atomic mass is 16.4. The van der Waals surface area contributed by atoms with E-state index in [-0.39, 0.29) is 24.4 Å². The summed E-state index contributed by atoms with van der Waals surface area (Å²) in [6.45, 7) is 7.01. The van der Waals surface area contributed by atoms with Gasteiger partial charge in [0.05, 0.1) is 0 Å². The Hall–Kier alpha value is -2.30. The molecule has 0 bridgehead atoms. The maximum atomic E-state index is 10.9. The second-order valence-corrected chi connectivity index (χ2v) is 3.31. The number of carboxylic acid groups (broad SMARTS) is 2. The molecule has 0 aliphatic carbocycles. The molecule has 1 heterocycles. The van der Waals surface area contributed by atoms with Gasteiger partial charge in [0.15, 0.2) is 0 Å². The standard InChI is InChI=1S/C12H12O5/c1-3-5-7-8(6-4-2)10(12(15)16)17-9(7)11(13)14/h3-4H,1-2,5-6H2,(H,13,14)(H,15,16). The molecule has 1 aromatic rings.